The number of rotatable bonds is 6. The monoisotopic (exact) mass is 281 g/mol. The third kappa shape index (κ3) is 4.80. The van der Waals surface area contributed by atoms with E-state index in [1.807, 2.05) is 36.8 Å². The maximum absolute atomic E-state index is 6.13. The third-order valence-electron chi connectivity index (χ3n) is 3.47. The van der Waals surface area contributed by atoms with Crippen LogP contribution in [0.2, 0.25) is 0 Å². The van der Waals surface area contributed by atoms with Gasteiger partial charge in [-0.2, -0.15) is 0 Å². The molecule has 3 nitrogen and oxygen atoms in total. The molecule has 0 bridgehead atoms. The van der Waals surface area contributed by atoms with E-state index < -0.39 is 0 Å². The molecule has 1 aromatic carbocycles. The first-order chi connectivity index (χ1) is 10.2. The zero-order chi connectivity index (χ0) is 15.1. The molecule has 110 valence electrons. The minimum Gasteiger partial charge on any atom is -0.324 e. The zero-order valence-corrected chi connectivity index (χ0v) is 12.7. The predicted octanol–water partition coefficient (Wildman–Crippen LogP) is 3.87. The van der Waals surface area contributed by atoms with Crippen LogP contribution in [-0.2, 0) is 6.54 Å². The number of benzene rings is 1. The molecule has 1 aromatic heterocycles. The lowest BCUT2D eigenvalue weighted by atomic mass is 10.0. The number of pyridine rings is 1. The first-order valence-electron chi connectivity index (χ1n) is 7.39. The number of aliphatic imine (C=N–C) groups is 1. The van der Waals surface area contributed by atoms with Crippen molar-refractivity contribution in [3.05, 3.63) is 65.5 Å². The van der Waals surface area contributed by atoms with Gasteiger partial charge in [0.2, 0.25) is 0 Å². The summed E-state index contributed by atoms with van der Waals surface area (Å²) in [7, 11) is 0. The highest BCUT2D eigenvalue weighted by Crippen LogP contribution is 2.15. The van der Waals surface area contributed by atoms with Gasteiger partial charge in [0.1, 0.15) is 0 Å². The molecule has 1 atom stereocenters. The van der Waals surface area contributed by atoms with Crippen molar-refractivity contribution < 1.29 is 0 Å². The van der Waals surface area contributed by atoms with E-state index in [9.17, 15) is 0 Å². The zero-order valence-electron chi connectivity index (χ0n) is 12.7. The number of nitrogens with zero attached hydrogens (tertiary/aromatic N) is 2. The highest BCUT2D eigenvalue weighted by Gasteiger charge is 2.03. The molecule has 0 fully saturated rings. The van der Waals surface area contributed by atoms with Crippen molar-refractivity contribution in [3.63, 3.8) is 0 Å². The van der Waals surface area contributed by atoms with Crippen LogP contribution in [0.25, 0.3) is 0 Å². The van der Waals surface area contributed by atoms with Crippen molar-refractivity contribution in [1.29, 1.82) is 0 Å². The second-order valence-corrected chi connectivity index (χ2v) is 5.56. The summed E-state index contributed by atoms with van der Waals surface area (Å²) in [6.45, 7) is 5.00. The minimum absolute atomic E-state index is 0.00933. The van der Waals surface area contributed by atoms with Crippen molar-refractivity contribution in [2.75, 3.05) is 0 Å². The highest BCUT2D eigenvalue weighted by molar-refractivity contribution is 5.58. The van der Waals surface area contributed by atoms with Gasteiger partial charge in [0.25, 0.3) is 0 Å². The molecule has 1 heterocycles. The van der Waals surface area contributed by atoms with Crippen LogP contribution in [0.5, 0.6) is 0 Å². The van der Waals surface area contributed by atoms with E-state index in [0.29, 0.717) is 12.5 Å². The summed E-state index contributed by atoms with van der Waals surface area (Å²) in [6.07, 6.45) is 6.46. The van der Waals surface area contributed by atoms with Gasteiger partial charge >= 0.3 is 0 Å². The van der Waals surface area contributed by atoms with Gasteiger partial charge in [-0.15, -0.1) is 0 Å². The number of aromatic nitrogens is 1. The average Bonchev–Trinajstić information content (AvgIpc) is 2.52. The molecule has 3 heteroatoms. The third-order valence-corrected chi connectivity index (χ3v) is 3.47. The molecule has 0 spiro atoms. The Labute approximate surface area is 126 Å². The van der Waals surface area contributed by atoms with Gasteiger partial charge in [-0.1, -0.05) is 50.2 Å². The molecule has 0 aliphatic rings. The second kappa shape index (κ2) is 7.70. The van der Waals surface area contributed by atoms with Crippen LogP contribution in [-0.4, -0.2) is 11.2 Å². The molecule has 1 unspecified atom stereocenters. The molecular weight excluding hydrogens is 258 g/mol. The van der Waals surface area contributed by atoms with Gasteiger partial charge in [0.05, 0.1) is 6.54 Å². The molecule has 0 radical (unpaired) electrons. The lowest BCUT2D eigenvalue weighted by Gasteiger charge is -2.08. The molecule has 0 aliphatic heterocycles. The number of hydrogen-bond donors (Lipinski definition) is 1. The number of hydrogen-bond acceptors (Lipinski definition) is 3. The van der Waals surface area contributed by atoms with Gasteiger partial charge < -0.3 is 5.73 Å². The van der Waals surface area contributed by atoms with E-state index in [0.717, 1.165) is 17.5 Å². The van der Waals surface area contributed by atoms with E-state index in [1.165, 1.54) is 5.56 Å². The Kier molecular flexibility index (Phi) is 5.64. The first-order valence-corrected chi connectivity index (χ1v) is 7.39. The van der Waals surface area contributed by atoms with Crippen molar-refractivity contribution >= 4 is 6.21 Å². The van der Waals surface area contributed by atoms with E-state index in [2.05, 4.69) is 42.0 Å². The smallest absolute Gasteiger partial charge is 0.0650 e. The Bertz CT molecular complexity index is 576. The van der Waals surface area contributed by atoms with Crippen LogP contribution in [0.15, 0.2) is 53.8 Å². The molecule has 21 heavy (non-hydrogen) atoms. The van der Waals surface area contributed by atoms with Crippen molar-refractivity contribution in [3.8, 4) is 0 Å². The fourth-order valence-electron chi connectivity index (χ4n) is 2.10. The minimum atomic E-state index is 0.00933. The quantitative estimate of drug-likeness (QED) is 0.817. The van der Waals surface area contributed by atoms with Gasteiger partial charge in [0, 0.05) is 31.1 Å². The Balaban J connectivity index is 1.87. The summed E-state index contributed by atoms with van der Waals surface area (Å²) in [5.41, 5.74) is 9.68. The van der Waals surface area contributed by atoms with Crippen molar-refractivity contribution in [2.45, 2.75) is 38.8 Å². The summed E-state index contributed by atoms with van der Waals surface area (Å²) < 4.78 is 0. The van der Waals surface area contributed by atoms with Crippen molar-refractivity contribution in [1.82, 2.24) is 4.98 Å². The Morgan fingerprint density at radius 1 is 1.14 bits per heavy atom. The molecule has 0 saturated carbocycles. The second-order valence-electron chi connectivity index (χ2n) is 5.56. The van der Waals surface area contributed by atoms with E-state index >= 15 is 0 Å². The number of nitrogens with two attached hydrogens (primary N) is 1. The van der Waals surface area contributed by atoms with Crippen LogP contribution in [0, 0.1) is 0 Å². The predicted molar refractivity (Wildman–Crippen MR) is 88.5 cm³/mol. The molecule has 0 amide bonds. The van der Waals surface area contributed by atoms with Gasteiger partial charge in [-0.05, 0) is 22.6 Å². The van der Waals surface area contributed by atoms with Gasteiger partial charge in [-0.3, -0.25) is 9.98 Å². The Hall–Kier alpha value is -2.00. The van der Waals surface area contributed by atoms with E-state index in [1.54, 1.807) is 0 Å². The summed E-state index contributed by atoms with van der Waals surface area (Å²) >= 11 is 0. The summed E-state index contributed by atoms with van der Waals surface area (Å²) in [5.74, 6) is 0.493. The average molecular weight is 281 g/mol. The fraction of sp³-hybridized carbons (Fsp3) is 0.333. The lowest BCUT2D eigenvalue weighted by molar-refractivity contribution is 0.767. The Morgan fingerprint density at radius 3 is 2.62 bits per heavy atom. The van der Waals surface area contributed by atoms with E-state index in [4.69, 9.17) is 5.73 Å². The normalized spacial score (nSPS) is 13.0. The summed E-state index contributed by atoms with van der Waals surface area (Å²) in [6, 6.07) is 12.3. The molecule has 0 aliphatic carbocycles. The highest BCUT2D eigenvalue weighted by atomic mass is 14.7. The maximum Gasteiger partial charge on any atom is 0.0650 e. The Morgan fingerprint density at radius 2 is 1.90 bits per heavy atom. The standard InChI is InChI=1S/C18H23N3/c1-14(2)17-10-15(12-21-13-17)11-20-9-8-18(19)16-6-4-3-5-7-16/h3-7,9-10,12-14,18H,8,11,19H2,1-2H3. The molecule has 0 saturated heterocycles. The first kappa shape index (κ1) is 15.4. The summed E-state index contributed by atoms with van der Waals surface area (Å²) in [5, 5.41) is 0. The van der Waals surface area contributed by atoms with Crippen LogP contribution >= 0.6 is 0 Å². The van der Waals surface area contributed by atoms with Crippen LogP contribution in [0.4, 0.5) is 0 Å². The van der Waals surface area contributed by atoms with Crippen LogP contribution < -0.4 is 5.73 Å². The SMILES string of the molecule is CC(C)c1cncc(CN=CCC(N)c2ccccc2)c1. The maximum atomic E-state index is 6.13. The molecular formula is C18H23N3. The van der Waals surface area contributed by atoms with Crippen LogP contribution in [0.3, 0.4) is 0 Å². The van der Waals surface area contributed by atoms with E-state index in [-0.39, 0.29) is 6.04 Å². The van der Waals surface area contributed by atoms with Gasteiger partial charge in [-0.25, -0.2) is 0 Å². The molecule has 2 N–H and O–H groups in total. The van der Waals surface area contributed by atoms with Crippen LogP contribution in [0.1, 0.15) is 48.9 Å². The molecule has 2 aromatic rings. The molecule has 2 rings (SSSR count). The lowest BCUT2D eigenvalue weighted by Crippen LogP contribution is -2.10. The fourth-order valence-corrected chi connectivity index (χ4v) is 2.10. The van der Waals surface area contributed by atoms with Crippen molar-refractivity contribution in [2.24, 2.45) is 10.7 Å². The summed E-state index contributed by atoms with van der Waals surface area (Å²) in [4.78, 5) is 8.73. The van der Waals surface area contributed by atoms with Gasteiger partial charge in [0.15, 0.2) is 0 Å². The topological polar surface area (TPSA) is 51.3 Å². The largest absolute Gasteiger partial charge is 0.324 e.